The van der Waals surface area contributed by atoms with Crippen molar-refractivity contribution in [1.29, 1.82) is 0 Å². The molecule has 5 heteroatoms. The third-order valence-electron chi connectivity index (χ3n) is 3.24. The van der Waals surface area contributed by atoms with Crippen LogP contribution < -0.4 is 0 Å². The van der Waals surface area contributed by atoms with E-state index in [-0.39, 0.29) is 5.92 Å². The summed E-state index contributed by atoms with van der Waals surface area (Å²) in [6.07, 6.45) is 7.74. The zero-order valence-electron chi connectivity index (χ0n) is 11.1. The maximum absolute atomic E-state index is 10.1. The van der Waals surface area contributed by atoms with Crippen molar-refractivity contribution in [1.82, 2.24) is 0 Å². The van der Waals surface area contributed by atoms with Crippen LogP contribution in [0.1, 0.15) is 25.7 Å². The van der Waals surface area contributed by atoms with Crippen molar-refractivity contribution in [3.8, 4) is 0 Å². The number of carboxylic acids is 1. The van der Waals surface area contributed by atoms with E-state index in [0.717, 1.165) is 58.4 Å². The molecule has 108 valence electrons. The molecule has 2 aliphatic heterocycles. The number of ether oxygens (including phenoxy) is 2. The Morgan fingerprint density at radius 1 is 0.947 bits per heavy atom. The highest BCUT2D eigenvalue weighted by molar-refractivity contribution is 5.79. The lowest BCUT2D eigenvalue weighted by Crippen LogP contribution is -2.16. The summed E-state index contributed by atoms with van der Waals surface area (Å²) >= 11 is 0. The lowest BCUT2D eigenvalue weighted by atomic mass is 10.00. The molecule has 2 saturated heterocycles. The molecule has 2 heterocycles. The van der Waals surface area contributed by atoms with Crippen LogP contribution in [0.3, 0.4) is 0 Å². The van der Waals surface area contributed by atoms with Gasteiger partial charge in [-0.2, -0.15) is 0 Å². The Morgan fingerprint density at radius 2 is 1.42 bits per heavy atom. The van der Waals surface area contributed by atoms with Crippen LogP contribution in [0.25, 0.3) is 0 Å². The van der Waals surface area contributed by atoms with Crippen LogP contribution in [0.5, 0.6) is 0 Å². The average Bonchev–Trinajstić information content (AvgIpc) is 2.48. The summed E-state index contributed by atoms with van der Waals surface area (Å²) in [6.45, 7) is 3.05. The van der Waals surface area contributed by atoms with Gasteiger partial charge in [-0.1, -0.05) is 6.08 Å². The second-order valence-corrected chi connectivity index (χ2v) is 4.73. The van der Waals surface area contributed by atoms with Crippen LogP contribution in [0, 0.1) is 11.8 Å². The second-order valence-electron chi connectivity index (χ2n) is 4.73. The monoisotopic (exact) mass is 270 g/mol. The van der Waals surface area contributed by atoms with Crippen LogP contribution in [-0.4, -0.2) is 43.8 Å². The molecule has 0 atom stereocenters. The molecule has 0 aromatic carbocycles. The third-order valence-corrected chi connectivity index (χ3v) is 3.24. The lowest BCUT2D eigenvalue weighted by molar-refractivity contribution is -0.131. The average molecular weight is 270 g/mol. The zero-order valence-corrected chi connectivity index (χ0v) is 11.1. The molecule has 2 fully saturated rings. The second kappa shape index (κ2) is 9.69. The molecule has 0 aliphatic carbocycles. The van der Waals surface area contributed by atoms with E-state index in [4.69, 9.17) is 14.6 Å². The fourth-order valence-electron chi connectivity index (χ4n) is 1.98. The van der Waals surface area contributed by atoms with Crippen LogP contribution >= 0.6 is 0 Å². The smallest absolute Gasteiger partial charge is 0.327 e. The number of aliphatic carboxylic acids is 1. The Bertz CT molecular complexity index is 288. The number of hydrogen-bond acceptors (Lipinski definition) is 4. The van der Waals surface area contributed by atoms with Crippen LogP contribution in [-0.2, 0) is 19.1 Å². The van der Waals surface area contributed by atoms with E-state index < -0.39 is 5.97 Å². The number of carboxylic acid groups (broad SMARTS) is 1. The summed E-state index contributed by atoms with van der Waals surface area (Å²) in [5, 5.41) is 8.33. The van der Waals surface area contributed by atoms with Gasteiger partial charge in [0.25, 0.3) is 0 Å². The summed E-state index contributed by atoms with van der Waals surface area (Å²) < 4.78 is 10.2. The van der Waals surface area contributed by atoms with E-state index >= 15 is 0 Å². The molecular formula is C14H22O5. The van der Waals surface area contributed by atoms with Gasteiger partial charge in [0.1, 0.15) is 6.29 Å². The van der Waals surface area contributed by atoms with Gasteiger partial charge in [-0.3, -0.25) is 0 Å². The summed E-state index contributed by atoms with van der Waals surface area (Å²) in [5.74, 6) is -0.180. The van der Waals surface area contributed by atoms with Gasteiger partial charge in [-0.25, -0.2) is 4.79 Å². The van der Waals surface area contributed by atoms with Crippen LogP contribution in [0.4, 0.5) is 0 Å². The third kappa shape index (κ3) is 7.74. The van der Waals surface area contributed by atoms with Gasteiger partial charge < -0.3 is 19.4 Å². The minimum atomic E-state index is -0.864. The first-order valence-corrected chi connectivity index (χ1v) is 6.74. The fraction of sp³-hybridized carbons (Fsp3) is 0.714. The number of aldehydes is 1. The Labute approximate surface area is 113 Å². The van der Waals surface area contributed by atoms with Gasteiger partial charge in [-0.15, -0.1) is 0 Å². The molecule has 19 heavy (non-hydrogen) atoms. The van der Waals surface area contributed by atoms with Crippen molar-refractivity contribution in [2.24, 2.45) is 11.8 Å². The summed E-state index contributed by atoms with van der Waals surface area (Å²) in [5.41, 5.74) is 0. The SMILES string of the molecule is O=C(O)/C=C/C1CCOCC1.O=CC1CCOCC1. The van der Waals surface area contributed by atoms with Gasteiger partial charge in [0, 0.05) is 38.4 Å². The predicted octanol–water partition coefficient (Wildman–Crippen LogP) is 1.67. The summed E-state index contributed by atoms with van der Waals surface area (Å²) in [6, 6.07) is 0. The minimum absolute atomic E-state index is 0.281. The van der Waals surface area contributed by atoms with Crippen molar-refractivity contribution < 1.29 is 24.2 Å². The van der Waals surface area contributed by atoms with E-state index in [9.17, 15) is 9.59 Å². The van der Waals surface area contributed by atoms with Crippen molar-refractivity contribution in [3.63, 3.8) is 0 Å². The van der Waals surface area contributed by atoms with Gasteiger partial charge in [0.05, 0.1) is 0 Å². The quantitative estimate of drug-likeness (QED) is 0.623. The zero-order chi connectivity index (χ0) is 13.9. The molecule has 2 rings (SSSR count). The molecule has 0 unspecified atom stereocenters. The Balaban J connectivity index is 0.000000200. The summed E-state index contributed by atoms with van der Waals surface area (Å²) in [4.78, 5) is 20.2. The normalized spacial score (nSPS) is 21.7. The maximum Gasteiger partial charge on any atom is 0.327 e. The number of rotatable bonds is 3. The van der Waals surface area contributed by atoms with Crippen LogP contribution in [0.2, 0.25) is 0 Å². The van der Waals surface area contributed by atoms with Crippen molar-refractivity contribution >= 4 is 12.3 Å². The topological polar surface area (TPSA) is 72.8 Å². The van der Waals surface area contributed by atoms with E-state index in [1.165, 1.54) is 6.08 Å². The Kier molecular flexibility index (Phi) is 8.09. The molecule has 0 radical (unpaired) electrons. The van der Waals surface area contributed by atoms with Gasteiger partial charge in [-0.05, 0) is 31.6 Å². The first-order valence-electron chi connectivity index (χ1n) is 6.74. The summed E-state index contributed by atoms with van der Waals surface area (Å²) in [7, 11) is 0. The first kappa shape index (κ1) is 15.9. The van der Waals surface area contributed by atoms with Gasteiger partial charge in [0.2, 0.25) is 0 Å². The Morgan fingerprint density at radius 3 is 1.79 bits per heavy atom. The molecule has 1 N–H and O–H groups in total. The largest absolute Gasteiger partial charge is 0.478 e. The molecule has 0 spiro atoms. The van der Waals surface area contributed by atoms with E-state index in [2.05, 4.69) is 0 Å². The van der Waals surface area contributed by atoms with Gasteiger partial charge >= 0.3 is 5.97 Å². The molecule has 2 aliphatic rings. The van der Waals surface area contributed by atoms with Crippen molar-refractivity contribution in [3.05, 3.63) is 12.2 Å². The maximum atomic E-state index is 10.1. The van der Waals surface area contributed by atoms with E-state index in [1.807, 2.05) is 0 Å². The molecule has 0 aromatic rings. The van der Waals surface area contributed by atoms with E-state index in [0.29, 0.717) is 5.92 Å². The van der Waals surface area contributed by atoms with E-state index in [1.54, 1.807) is 6.08 Å². The number of carbonyl (C=O) groups is 2. The molecular weight excluding hydrogens is 248 g/mol. The predicted molar refractivity (Wildman–Crippen MR) is 69.9 cm³/mol. The first-order chi connectivity index (χ1) is 9.22. The fourth-order valence-corrected chi connectivity index (χ4v) is 1.98. The highest BCUT2D eigenvalue weighted by Gasteiger charge is 2.11. The van der Waals surface area contributed by atoms with Crippen molar-refractivity contribution in [2.75, 3.05) is 26.4 Å². The highest BCUT2D eigenvalue weighted by atomic mass is 16.5. The molecule has 0 amide bonds. The van der Waals surface area contributed by atoms with Crippen molar-refractivity contribution in [2.45, 2.75) is 25.7 Å². The molecule has 0 bridgehead atoms. The minimum Gasteiger partial charge on any atom is -0.478 e. The Hall–Kier alpha value is -1.20. The number of allylic oxidation sites excluding steroid dienone is 1. The van der Waals surface area contributed by atoms with Crippen LogP contribution in [0.15, 0.2) is 12.2 Å². The molecule has 5 nitrogen and oxygen atoms in total. The molecule has 0 saturated carbocycles. The standard InChI is InChI=1S/C8H12O3.C6H10O2/c9-8(10)2-1-7-3-5-11-6-4-7;7-5-6-1-3-8-4-2-6/h1-2,7H,3-6H2,(H,9,10);5-6H,1-4H2/b2-1+;. The van der Waals surface area contributed by atoms with Gasteiger partial charge in [0.15, 0.2) is 0 Å². The molecule has 0 aromatic heterocycles. The number of carbonyl (C=O) groups excluding carboxylic acids is 1. The number of hydrogen-bond donors (Lipinski definition) is 1. The highest BCUT2D eigenvalue weighted by Crippen LogP contribution is 2.15. The lowest BCUT2D eigenvalue weighted by Gasteiger charge is -2.18.